The minimum atomic E-state index is -0.367. The summed E-state index contributed by atoms with van der Waals surface area (Å²) in [6, 6.07) is 13.2. The number of carbonyl (C=O) groups excluding carboxylic acids is 1. The van der Waals surface area contributed by atoms with Gasteiger partial charge < -0.3 is 9.80 Å². The van der Waals surface area contributed by atoms with Gasteiger partial charge in [-0.15, -0.1) is 0 Å². The van der Waals surface area contributed by atoms with Crippen molar-refractivity contribution >= 4 is 34.1 Å². The van der Waals surface area contributed by atoms with Gasteiger partial charge in [-0.25, -0.2) is 4.39 Å². The lowest BCUT2D eigenvalue weighted by Crippen LogP contribution is -2.49. The fraction of sp³-hybridized carbons (Fsp3) is 0.190. The Labute approximate surface area is 166 Å². The van der Waals surface area contributed by atoms with E-state index in [0.717, 1.165) is 16.6 Å². The van der Waals surface area contributed by atoms with Gasteiger partial charge in [-0.05, 0) is 42.5 Å². The zero-order chi connectivity index (χ0) is 19.7. The van der Waals surface area contributed by atoms with E-state index in [1.165, 1.54) is 24.3 Å². The maximum atomic E-state index is 13.1. The number of pyridine rings is 1. The Hall–Kier alpha value is -3.17. The van der Waals surface area contributed by atoms with Gasteiger partial charge in [0, 0.05) is 48.3 Å². The van der Waals surface area contributed by atoms with Crippen LogP contribution in [0.15, 0.2) is 48.7 Å². The zero-order valence-corrected chi connectivity index (χ0v) is 15.7. The summed E-state index contributed by atoms with van der Waals surface area (Å²) in [5, 5.41) is 10.9. The molecule has 28 heavy (non-hydrogen) atoms. The molecule has 1 aromatic heterocycles. The molecule has 0 N–H and O–H groups in total. The smallest absolute Gasteiger partial charge is 0.253 e. The van der Waals surface area contributed by atoms with E-state index in [4.69, 9.17) is 11.6 Å². The molecule has 0 unspecified atom stereocenters. The van der Waals surface area contributed by atoms with Crippen LogP contribution in [0.3, 0.4) is 0 Å². The van der Waals surface area contributed by atoms with Gasteiger partial charge in [-0.3, -0.25) is 9.78 Å². The lowest BCUT2D eigenvalue weighted by Gasteiger charge is -2.37. The van der Waals surface area contributed by atoms with E-state index < -0.39 is 0 Å². The van der Waals surface area contributed by atoms with Crippen LogP contribution in [0.1, 0.15) is 15.9 Å². The summed E-state index contributed by atoms with van der Waals surface area (Å²) in [5.74, 6) is -0.489. The van der Waals surface area contributed by atoms with Crippen molar-refractivity contribution in [2.45, 2.75) is 0 Å². The van der Waals surface area contributed by atoms with E-state index in [9.17, 15) is 14.4 Å². The van der Waals surface area contributed by atoms with E-state index in [-0.39, 0.29) is 11.7 Å². The summed E-state index contributed by atoms with van der Waals surface area (Å²) in [4.78, 5) is 20.8. The van der Waals surface area contributed by atoms with E-state index in [1.54, 1.807) is 17.2 Å². The maximum Gasteiger partial charge on any atom is 0.253 e. The molecule has 2 aromatic carbocycles. The summed E-state index contributed by atoms with van der Waals surface area (Å²) in [7, 11) is 0. The van der Waals surface area contributed by atoms with Crippen molar-refractivity contribution in [3.05, 3.63) is 70.6 Å². The van der Waals surface area contributed by atoms with Crippen LogP contribution in [0.5, 0.6) is 0 Å². The minimum absolute atomic E-state index is 0.122. The number of hydrogen-bond acceptors (Lipinski definition) is 4. The molecule has 0 aliphatic carbocycles. The first-order valence-electron chi connectivity index (χ1n) is 8.85. The van der Waals surface area contributed by atoms with Crippen molar-refractivity contribution in [1.82, 2.24) is 9.88 Å². The number of rotatable bonds is 2. The van der Waals surface area contributed by atoms with Crippen molar-refractivity contribution in [2.24, 2.45) is 0 Å². The Morgan fingerprint density at radius 2 is 1.82 bits per heavy atom. The molecule has 140 valence electrons. The fourth-order valence-electron chi connectivity index (χ4n) is 3.48. The second-order valence-corrected chi connectivity index (χ2v) is 7.02. The highest BCUT2D eigenvalue weighted by Crippen LogP contribution is 2.32. The van der Waals surface area contributed by atoms with Crippen molar-refractivity contribution in [2.75, 3.05) is 31.1 Å². The zero-order valence-electron chi connectivity index (χ0n) is 14.9. The molecule has 0 saturated carbocycles. The summed E-state index contributed by atoms with van der Waals surface area (Å²) in [6.07, 6.45) is 1.57. The number of benzene rings is 2. The Bertz CT molecular complexity index is 1090. The topological polar surface area (TPSA) is 60.2 Å². The Morgan fingerprint density at radius 1 is 1.11 bits per heavy atom. The van der Waals surface area contributed by atoms with Crippen LogP contribution < -0.4 is 4.90 Å². The van der Waals surface area contributed by atoms with Gasteiger partial charge in [-0.2, -0.15) is 5.26 Å². The van der Waals surface area contributed by atoms with Crippen LogP contribution in [0.2, 0.25) is 5.02 Å². The molecule has 2 heterocycles. The summed E-state index contributed by atoms with van der Waals surface area (Å²) in [6.45, 7) is 2.16. The molecule has 1 fully saturated rings. The Kier molecular flexibility index (Phi) is 4.84. The lowest BCUT2D eigenvalue weighted by molar-refractivity contribution is 0.0747. The highest BCUT2D eigenvalue weighted by molar-refractivity contribution is 6.31. The summed E-state index contributed by atoms with van der Waals surface area (Å²) in [5.41, 5.74) is 2.51. The molecular weight excluding hydrogens is 379 g/mol. The monoisotopic (exact) mass is 394 g/mol. The molecule has 1 amide bonds. The molecule has 0 bridgehead atoms. The molecular formula is C21H16ClFN4O. The van der Waals surface area contributed by atoms with Gasteiger partial charge in [-0.1, -0.05) is 11.6 Å². The van der Waals surface area contributed by atoms with Crippen molar-refractivity contribution in [1.29, 1.82) is 5.26 Å². The number of hydrogen-bond donors (Lipinski definition) is 0. The predicted octanol–water partition coefficient (Wildman–Crippen LogP) is 3.86. The summed E-state index contributed by atoms with van der Waals surface area (Å²) >= 11 is 6.16. The van der Waals surface area contributed by atoms with Gasteiger partial charge in [0.25, 0.3) is 5.91 Å². The number of fused-ring (bicyclic) bond motifs is 1. The van der Waals surface area contributed by atoms with E-state index in [2.05, 4.69) is 16.0 Å². The van der Waals surface area contributed by atoms with Gasteiger partial charge in [0.05, 0.1) is 16.8 Å². The second-order valence-electron chi connectivity index (χ2n) is 6.58. The number of nitrogens with zero attached hydrogens (tertiary/aromatic N) is 4. The fourth-order valence-corrected chi connectivity index (χ4v) is 3.65. The third-order valence-electron chi connectivity index (χ3n) is 4.90. The van der Waals surface area contributed by atoms with Crippen molar-refractivity contribution in [3.63, 3.8) is 0 Å². The number of anilines is 1. The van der Waals surface area contributed by atoms with E-state index >= 15 is 0 Å². The van der Waals surface area contributed by atoms with Gasteiger partial charge in [0.1, 0.15) is 11.9 Å². The highest BCUT2D eigenvalue weighted by atomic mass is 35.5. The van der Waals surface area contributed by atoms with Crippen molar-refractivity contribution in [3.8, 4) is 6.07 Å². The first kappa shape index (κ1) is 18.2. The largest absolute Gasteiger partial charge is 0.366 e. The third-order valence-corrected chi connectivity index (χ3v) is 5.13. The van der Waals surface area contributed by atoms with E-state index in [0.29, 0.717) is 42.3 Å². The van der Waals surface area contributed by atoms with Crippen LogP contribution in [0, 0.1) is 17.1 Å². The number of nitriles is 1. The number of aromatic nitrogens is 1. The molecule has 1 aliphatic heterocycles. The van der Waals surface area contributed by atoms with Crippen LogP contribution in [-0.4, -0.2) is 42.0 Å². The standard InChI is InChI=1S/C21H16ClFN4O/c22-16-3-6-19-18(11-16)20(15(12-24)13-25-19)26-7-9-27(10-8-26)21(28)14-1-4-17(23)5-2-14/h1-6,11,13H,7-10H2. The van der Waals surface area contributed by atoms with Crippen LogP contribution in [-0.2, 0) is 0 Å². The van der Waals surface area contributed by atoms with Gasteiger partial charge in [0.15, 0.2) is 0 Å². The Balaban J connectivity index is 1.59. The Morgan fingerprint density at radius 3 is 2.50 bits per heavy atom. The predicted molar refractivity (Wildman–Crippen MR) is 106 cm³/mol. The molecule has 7 heteroatoms. The number of halogens is 2. The second kappa shape index (κ2) is 7.45. The number of amides is 1. The van der Waals surface area contributed by atoms with Gasteiger partial charge in [0.2, 0.25) is 0 Å². The third kappa shape index (κ3) is 3.37. The molecule has 5 nitrogen and oxygen atoms in total. The molecule has 3 aromatic rings. The molecule has 1 saturated heterocycles. The molecule has 0 spiro atoms. The molecule has 1 aliphatic rings. The normalized spacial score (nSPS) is 14.2. The number of carbonyl (C=O) groups is 1. The molecule has 4 rings (SSSR count). The average molecular weight is 395 g/mol. The lowest BCUT2D eigenvalue weighted by atomic mass is 10.1. The quantitative estimate of drug-likeness (QED) is 0.662. The first-order chi connectivity index (χ1) is 13.6. The molecule has 0 radical (unpaired) electrons. The van der Waals surface area contributed by atoms with Crippen LogP contribution in [0.4, 0.5) is 10.1 Å². The summed E-state index contributed by atoms with van der Waals surface area (Å²) < 4.78 is 13.1. The highest BCUT2D eigenvalue weighted by Gasteiger charge is 2.25. The first-order valence-corrected chi connectivity index (χ1v) is 9.23. The molecule has 0 atom stereocenters. The van der Waals surface area contributed by atoms with Crippen molar-refractivity contribution < 1.29 is 9.18 Å². The minimum Gasteiger partial charge on any atom is -0.366 e. The number of piperazine rings is 1. The SMILES string of the molecule is N#Cc1cnc2ccc(Cl)cc2c1N1CCN(C(=O)c2ccc(F)cc2)CC1. The van der Waals surface area contributed by atoms with Crippen LogP contribution >= 0.6 is 11.6 Å². The van der Waals surface area contributed by atoms with E-state index in [1.807, 2.05) is 12.1 Å². The van der Waals surface area contributed by atoms with Gasteiger partial charge >= 0.3 is 0 Å². The van der Waals surface area contributed by atoms with Crippen LogP contribution in [0.25, 0.3) is 10.9 Å². The average Bonchev–Trinajstić information content (AvgIpc) is 2.73. The maximum absolute atomic E-state index is 13.1.